The van der Waals surface area contributed by atoms with Crippen molar-refractivity contribution in [1.82, 2.24) is 14.9 Å². The van der Waals surface area contributed by atoms with Gasteiger partial charge in [-0.1, -0.05) is 49.6 Å². The molecule has 2 aliphatic rings. The second-order valence-electron chi connectivity index (χ2n) is 8.20. The maximum absolute atomic E-state index is 12.8. The van der Waals surface area contributed by atoms with E-state index in [-0.39, 0.29) is 5.91 Å². The molecule has 4 rings (SSSR count). The highest BCUT2D eigenvalue weighted by molar-refractivity contribution is 5.93. The lowest BCUT2D eigenvalue weighted by Crippen LogP contribution is -2.39. The maximum atomic E-state index is 12.8. The molecule has 1 saturated carbocycles. The highest BCUT2D eigenvalue weighted by Crippen LogP contribution is 2.23. The van der Waals surface area contributed by atoms with Crippen LogP contribution in [-0.4, -0.2) is 39.9 Å². The molecule has 2 fully saturated rings. The predicted octanol–water partition coefficient (Wildman–Crippen LogP) is 4.32. The van der Waals surface area contributed by atoms with E-state index in [4.69, 9.17) is 0 Å². The van der Waals surface area contributed by atoms with Crippen LogP contribution in [0.1, 0.15) is 60.9 Å². The van der Waals surface area contributed by atoms with Gasteiger partial charge in [0, 0.05) is 31.5 Å². The van der Waals surface area contributed by atoms with Crippen LogP contribution in [-0.2, 0) is 6.42 Å². The third-order valence-electron chi connectivity index (χ3n) is 6.11. The molecule has 0 atom stereocenters. The van der Waals surface area contributed by atoms with Gasteiger partial charge in [-0.05, 0) is 43.6 Å². The number of hydrogen-bond acceptors (Lipinski definition) is 4. The summed E-state index contributed by atoms with van der Waals surface area (Å²) in [4.78, 5) is 23.5. The van der Waals surface area contributed by atoms with E-state index in [0.717, 1.165) is 32.4 Å². The van der Waals surface area contributed by atoms with E-state index in [1.165, 1.54) is 37.7 Å². The summed E-state index contributed by atoms with van der Waals surface area (Å²) in [5, 5.41) is 3.41. The first-order valence-electron chi connectivity index (χ1n) is 10.7. The van der Waals surface area contributed by atoms with Crippen molar-refractivity contribution in [3.8, 4) is 0 Å². The minimum absolute atomic E-state index is 0.0578. The van der Waals surface area contributed by atoms with Crippen molar-refractivity contribution in [2.24, 2.45) is 5.92 Å². The number of carbonyl (C=O) groups excluding carboxylic acids is 1. The summed E-state index contributed by atoms with van der Waals surface area (Å²) in [6, 6.07) is 11.1. The normalized spacial score (nSPS) is 18.8. The molecular formula is C23H30N4O. The topological polar surface area (TPSA) is 58.1 Å². The van der Waals surface area contributed by atoms with Crippen LogP contribution < -0.4 is 5.32 Å². The monoisotopic (exact) mass is 378 g/mol. The molecule has 28 heavy (non-hydrogen) atoms. The maximum Gasteiger partial charge on any atom is 0.256 e. The molecule has 1 aliphatic heterocycles. The Kier molecular flexibility index (Phi) is 6.20. The van der Waals surface area contributed by atoms with Crippen LogP contribution in [0.3, 0.4) is 0 Å². The fourth-order valence-corrected chi connectivity index (χ4v) is 4.41. The van der Waals surface area contributed by atoms with Crippen molar-refractivity contribution in [2.45, 2.75) is 57.4 Å². The number of nitrogens with zero attached hydrogens (tertiary/aromatic N) is 3. The number of likely N-dealkylation sites (tertiary alicyclic amines) is 1. The molecule has 2 heterocycles. The summed E-state index contributed by atoms with van der Waals surface area (Å²) in [6.07, 6.45) is 12.8. The van der Waals surface area contributed by atoms with Gasteiger partial charge >= 0.3 is 0 Å². The summed E-state index contributed by atoms with van der Waals surface area (Å²) < 4.78 is 0. The first-order chi connectivity index (χ1) is 13.8. The van der Waals surface area contributed by atoms with E-state index < -0.39 is 0 Å². The fraction of sp³-hybridized carbons (Fsp3) is 0.522. The molecule has 148 valence electrons. The second-order valence-corrected chi connectivity index (χ2v) is 8.20. The Morgan fingerprint density at radius 3 is 2.32 bits per heavy atom. The zero-order valence-electron chi connectivity index (χ0n) is 16.5. The van der Waals surface area contributed by atoms with Gasteiger partial charge in [-0.3, -0.25) is 4.79 Å². The highest BCUT2D eigenvalue weighted by atomic mass is 16.2. The molecule has 1 saturated heterocycles. The van der Waals surface area contributed by atoms with Crippen LogP contribution in [0.25, 0.3) is 0 Å². The second kappa shape index (κ2) is 9.18. The van der Waals surface area contributed by atoms with Crippen LogP contribution >= 0.6 is 0 Å². The first kappa shape index (κ1) is 18.9. The Balaban J connectivity index is 1.27. The number of carbonyl (C=O) groups is 1. The minimum Gasteiger partial charge on any atom is -0.351 e. The molecule has 0 radical (unpaired) electrons. The number of nitrogens with one attached hydrogen (secondary N) is 1. The molecule has 5 nitrogen and oxygen atoms in total. The lowest BCUT2D eigenvalue weighted by Gasteiger charge is -2.32. The number of benzene rings is 1. The Morgan fingerprint density at radius 2 is 1.64 bits per heavy atom. The SMILES string of the molecule is O=C(c1cnc(NC2CCCCC2)nc1)N1CCC(Cc2ccccc2)CC1. The standard InChI is InChI=1S/C23H30N4O/c28-22(20-16-24-23(25-17-20)26-21-9-5-2-6-10-21)27-13-11-19(12-14-27)15-18-7-3-1-4-8-18/h1,3-4,7-8,16-17,19,21H,2,5-6,9-15H2,(H,24,25,26). The number of hydrogen-bond donors (Lipinski definition) is 1. The van der Waals surface area contributed by atoms with Crippen LogP contribution in [0.2, 0.25) is 0 Å². The molecule has 0 unspecified atom stereocenters. The zero-order chi connectivity index (χ0) is 19.2. The smallest absolute Gasteiger partial charge is 0.256 e. The van der Waals surface area contributed by atoms with Gasteiger partial charge in [0.2, 0.25) is 5.95 Å². The lowest BCUT2D eigenvalue weighted by molar-refractivity contribution is 0.0689. The predicted molar refractivity (Wildman–Crippen MR) is 111 cm³/mol. The highest BCUT2D eigenvalue weighted by Gasteiger charge is 2.24. The molecule has 1 amide bonds. The van der Waals surface area contributed by atoms with Gasteiger partial charge in [0.15, 0.2) is 0 Å². The Bertz CT molecular complexity index is 748. The van der Waals surface area contributed by atoms with Crippen LogP contribution in [0.4, 0.5) is 5.95 Å². The molecule has 1 aromatic heterocycles. The average molecular weight is 379 g/mol. The Hall–Kier alpha value is -2.43. The van der Waals surface area contributed by atoms with Gasteiger partial charge in [0.25, 0.3) is 5.91 Å². The third kappa shape index (κ3) is 4.89. The van der Waals surface area contributed by atoms with Gasteiger partial charge < -0.3 is 10.2 Å². The van der Waals surface area contributed by atoms with Crippen LogP contribution in [0, 0.1) is 5.92 Å². The van der Waals surface area contributed by atoms with E-state index in [9.17, 15) is 4.79 Å². The number of amides is 1. The Morgan fingerprint density at radius 1 is 0.964 bits per heavy atom. The number of aromatic nitrogens is 2. The van der Waals surface area contributed by atoms with Crippen molar-refractivity contribution in [1.29, 1.82) is 0 Å². The van der Waals surface area contributed by atoms with E-state index in [0.29, 0.717) is 23.5 Å². The number of rotatable bonds is 5. The molecule has 0 spiro atoms. The van der Waals surface area contributed by atoms with Crippen molar-refractivity contribution in [3.63, 3.8) is 0 Å². The van der Waals surface area contributed by atoms with Gasteiger partial charge in [-0.2, -0.15) is 0 Å². The fourth-order valence-electron chi connectivity index (χ4n) is 4.41. The van der Waals surface area contributed by atoms with E-state index in [2.05, 4.69) is 45.6 Å². The molecule has 1 aromatic carbocycles. The number of anilines is 1. The van der Waals surface area contributed by atoms with Crippen molar-refractivity contribution >= 4 is 11.9 Å². The third-order valence-corrected chi connectivity index (χ3v) is 6.11. The van der Waals surface area contributed by atoms with E-state index >= 15 is 0 Å². The summed E-state index contributed by atoms with van der Waals surface area (Å²) >= 11 is 0. The molecule has 1 aliphatic carbocycles. The molecule has 5 heteroatoms. The van der Waals surface area contributed by atoms with Gasteiger partial charge in [-0.15, -0.1) is 0 Å². The Labute approximate surface area is 167 Å². The summed E-state index contributed by atoms with van der Waals surface area (Å²) in [5.41, 5.74) is 1.98. The molecule has 0 bridgehead atoms. The summed E-state index contributed by atoms with van der Waals surface area (Å²) in [6.45, 7) is 1.64. The molecular weight excluding hydrogens is 348 g/mol. The minimum atomic E-state index is 0.0578. The van der Waals surface area contributed by atoms with E-state index in [1.807, 2.05) is 4.90 Å². The summed E-state index contributed by atoms with van der Waals surface area (Å²) in [7, 11) is 0. The lowest BCUT2D eigenvalue weighted by atomic mass is 9.90. The van der Waals surface area contributed by atoms with Crippen molar-refractivity contribution in [3.05, 3.63) is 53.9 Å². The van der Waals surface area contributed by atoms with E-state index in [1.54, 1.807) is 12.4 Å². The largest absolute Gasteiger partial charge is 0.351 e. The molecule has 1 N–H and O–H groups in total. The van der Waals surface area contributed by atoms with Crippen molar-refractivity contribution in [2.75, 3.05) is 18.4 Å². The quantitative estimate of drug-likeness (QED) is 0.842. The zero-order valence-corrected chi connectivity index (χ0v) is 16.5. The van der Waals surface area contributed by atoms with Gasteiger partial charge in [0.1, 0.15) is 0 Å². The number of piperidine rings is 1. The first-order valence-corrected chi connectivity index (χ1v) is 10.7. The summed E-state index contributed by atoms with van der Waals surface area (Å²) in [5.74, 6) is 1.36. The van der Waals surface area contributed by atoms with Gasteiger partial charge in [-0.25, -0.2) is 9.97 Å². The van der Waals surface area contributed by atoms with Gasteiger partial charge in [0.05, 0.1) is 5.56 Å². The van der Waals surface area contributed by atoms with Crippen LogP contribution in [0.5, 0.6) is 0 Å². The van der Waals surface area contributed by atoms with Crippen molar-refractivity contribution < 1.29 is 4.79 Å². The molecule has 2 aromatic rings. The average Bonchev–Trinajstić information content (AvgIpc) is 2.76. The van der Waals surface area contributed by atoms with Crippen LogP contribution in [0.15, 0.2) is 42.7 Å².